The Balaban J connectivity index is 1.83. The Kier molecular flexibility index (Phi) is 2.49. The first-order valence-electron chi connectivity index (χ1n) is 6.91. The number of hydrogen-bond donors (Lipinski definition) is 1. The predicted octanol–water partition coefficient (Wildman–Crippen LogP) is 3.17. The molecule has 4 fully saturated rings. The molecule has 0 heterocycles. The molecular formula is C14H22O2. The Labute approximate surface area is 97.4 Å². The van der Waals surface area contributed by atoms with E-state index in [1.54, 1.807) is 0 Å². The summed E-state index contributed by atoms with van der Waals surface area (Å²) in [6.45, 7) is 2.05. The highest BCUT2D eigenvalue weighted by molar-refractivity contribution is 5.70. The fraction of sp³-hybridized carbons (Fsp3) is 0.929. The molecule has 1 atom stereocenters. The van der Waals surface area contributed by atoms with E-state index in [0.29, 0.717) is 5.92 Å². The van der Waals surface area contributed by atoms with Crippen molar-refractivity contribution in [2.24, 2.45) is 35.5 Å². The van der Waals surface area contributed by atoms with Crippen molar-refractivity contribution >= 4 is 5.97 Å². The fourth-order valence-corrected chi connectivity index (χ4v) is 5.24. The van der Waals surface area contributed by atoms with Crippen molar-refractivity contribution in [3.8, 4) is 0 Å². The molecule has 1 unspecified atom stereocenters. The Morgan fingerprint density at radius 3 is 2.00 bits per heavy atom. The zero-order valence-electron chi connectivity index (χ0n) is 10.1. The van der Waals surface area contributed by atoms with Gasteiger partial charge in [0.2, 0.25) is 0 Å². The van der Waals surface area contributed by atoms with Crippen LogP contribution in [0.5, 0.6) is 0 Å². The van der Waals surface area contributed by atoms with Crippen LogP contribution in [0.25, 0.3) is 0 Å². The van der Waals surface area contributed by atoms with Gasteiger partial charge < -0.3 is 5.11 Å². The largest absolute Gasteiger partial charge is 0.481 e. The van der Waals surface area contributed by atoms with Gasteiger partial charge in [-0.3, -0.25) is 4.79 Å². The van der Waals surface area contributed by atoms with E-state index in [9.17, 15) is 9.90 Å². The Bertz CT molecular complexity index is 269. The van der Waals surface area contributed by atoms with E-state index in [0.717, 1.165) is 30.1 Å². The van der Waals surface area contributed by atoms with Gasteiger partial charge in [0, 0.05) is 0 Å². The zero-order valence-corrected chi connectivity index (χ0v) is 10.1. The van der Waals surface area contributed by atoms with Crippen molar-refractivity contribution in [3.05, 3.63) is 0 Å². The summed E-state index contributed by atoms with van der Waals surface area (Å²) in [5, 5.41) is 9.36. The van der Waals surface area contributed by atoms with Gasteiger partial charge in [-0.1, -0.05) is 6.92 Å². The lowest BCUT2D eigenvalue weighted by Gasteiger charge is -2.55. The molecule has 0 amide bonds. The number of carbonyl (C=O) groups is 1. The highest BCUT2D eigenvalue weighted by atomic mass is 16.4. The summed E-state index contributed by atoms with van der Waals surface area (Å²) < 4.78 is 0. The number of carboxylic acid groups (broad SMARTS) is 1. The summed E-state index contributed by atoms with van der Waals surface area (Å²) >= 11 is 0. The Morgan fingerprint density at radius 1 is 1.12 bits per heavy atom. The minimum Gasteiger partial charge on any atom is -0.481 e. The summed E-state index contributed by atoms with van der Waals surface area (Å²) in [4.78, 5) is 11.4. The van der Waals surface area contributed by atoms with Crippen LogP contribution >= 0.6 is 0 Å². The summed E-state index contributed by atoms with van der Waals surface area (Å²) in [5.41, 5.74) is 0. The molecule has 16 heavy (non-hydrogen) atoms. The van der Waals surface area contributed by atoms with Crippen LogP contribution in [0.4, 0.5) is 0 Å². The van der Waals surface area contributed by atoms with Gasteiger partial charge in [0.15, 0.2) is 0 Å². The molecule has 4 rings (SSSR count). The third-order valence-corrected chi connectivity index (χ3v) is 5.52. The number of aliphatic carboxylic acids is 1. The average molecular weight is 222 g/mol. The molecule has 0 aromatic heterocycles. The van der Waals surface area contributed by atoms with E-state index in [-0.39, 0.29) is 5.92 Å². The molecule has 2 heteroatoms. The molecular weight excluding hydrogens is 200 g/mol. The van der Waals surface area contributed by atoms with Crippen LogP contribution in [0.3, 0.4) is 0 Å². The van der Waals surface area contributed by atoms with Gasteiger partial charge in [0.25, 0.3) is 0 Å². The molecule has 0 radical (unpaired) electrons. The second-order valence-electron chi connectivity index (χ2n) is 6.36. The maximum Gasteiger partial charge on any atom is 0.306 e. The first-order valence-corrected chi connectivity index (χ1v) is 6.91. The summed E-state index contributed by atoms with van der Waals surface area (Å²) in [7, 11) is 0. The quantitative estimate of drug-likeness (QED) is 0.796. The predicted molar refractivity (Wildman–Crippen MR) is 62.0 cm³/mol. The number of carboxylic acids is 1. The summed E-state index contributed by atoms with van der Waals surface area (Å²) in [6, 6.07) is 0. The molecule has 0 spiro atoms. The van der Waals surface area contributed by atoms with Crippen LogP contribution < -0.4 is 0 Å². The van der Waals surface area contributed by atoms with Crippen molar-refractivity contribution in [3.63, 3.8) is 0 Å². The highest BCUT2D eigenvalue weighted by Crippen LogP contribution is 2.58. The van der Waals surface area contributed by atoms with Crippen molar-refractivity contribution in [1.29, 1.82) is 0 Å². The lowest BCUT2D eigenvalue weighted by Crippen LogP contribution is -2.49. The van der Waals surface area contributed by atoms with E-state index < -0.39 is 5.97 Å². The fourth-order valence-electron chi connectivity index (χ4n) is 5.24. The zero-order chi connectivity index (χ0) is 11.3. The minimum atomic E-state index is -0.542. The van der Waals surface area contributed by atoms with Gasteiger partial charge in [-0.05, 0) is 68.1 Å². The maximum atomic E-state index is 11.4. The van der Waals surface area contributed by atoms with Crippen molar-refractivity contribution in [2.75, 3.05) is 0 Å². The van der Waals surface area contributed by atoms with Gasteiger partial charge in [0.1, 0.15) is 0 Å². The molecule has 0 aliphatic heterocycles. The van der Waals surface area contributed by atoms with Gasteiger partial charge in [-0.15, -0.1) is 0 Å². The molecule has 4 aliphatic carbocycles. The second-order valence-corrected chi connectivity index (χ2v) is 6.36. The topological polar surface area (TPSA) is 37.3 Å². The third kappa shape index (κ3) is 1.49. The second kappa shape index (κ2) is 3.75. The van der Waals surface area contributed by atoms with E-state index in [1.165, 1.54) is 32.1 Å². The summed E-state index contributed by atoms with van der Waals surface area (Å²) in [5.74, 6) is 3.30. The van der Waals surface area contributed by atoms with E-state index in [2.05, 4.69) is 0 Å². The molecule has 4 aliphatic rings. The highest BCUT2D eigenvalue weighted by Gasteiger charge is 2.51. The van der Waals surface area contributed by atoms with Crippen LogP contribution in [-0.2, 0) is 4.79 Å². The van der Waals surface area contributed by atoms with Gasteiger partial charge in [-0.2, -0.15) is 0 Å². The molecule has 0 aromatic rings. The number of hydrogen-bond acceptors (Lipinski definition) is 1. The standard InChI is InChI=1S/C14H22O2/c1-2-12(14(15)16)13-10-4-8-3-9(6-10)7-11(13)5-8/h8-13H,2-7H2,1H3,(H,15,16). The molecule has 0 aromatic carbocycles. The van der Waals surface area contributed by atoms with Crippen LogP contribution in [0.2, 0.25) is 0 Å². The van der Waals surface area contributed by atoms with Crippen LogP contribution in [0.1, 0.15) is 45.4 Å². The van der Waals surface area contributed by atoms with Crippen molar-refractivity contribution in [1.82, 2.24) is 0 Å². The van der Waals surface area contributed by atoms with Crippen LogP contribution in [-0.4, -0.2) is 11.1 Å². The van der Waals surface area contributed by atoms with E-state index in [1.807, 2.05) is 6.92 Å². The minimum absolute atomic E-state index is 0.0602. The average Bonchev–Trinajstić information content (AvgIpc) is 2.21. The molecule has 0 saturated heterocycles. The molecule has 4 saturated carbocycles. The first-order chi connectivity index (χ1) is 7.69. The van der Waals surface area contributed by atoms with Crippen LogP contribution in [0, 0.1) is 35.5 Å². The Hall–Kier alpha value is -0.530. The van der Waals surface area contributed by atoms with Crippen LogP contribution in [0.15, 0.2) is 0 Å². The summed E-state index contributed by atoms with van der Waals surface area (Å²) in [6.07, 6.45) is 7.61. The lowest BCUT2D eigenvalue weighted by molar-refractivity contribution is -0.151. The van der Waals surface area contributed by atoms with Gasteiger partial charge in [0.05, 0.1) is 5.92 Å². The maximum absolute atomic E-state index is 11.4. The lowest BCUT2D eigenvalue weighted by atomic mass is 9.49. The monoisotopic (exact) mass is 222 g/mol. The van der Waals surface area contributed by atoms with E-state index >= 15 is 0 Å². The van der Waals surface area contributed by atoms with Crippen molar-refractivity contribution in [2.45, 2.75) is 45.4 Å². The molecule has 1 N–H and O–H groups in total. The SMILES string of the molecule is CCC(C(=O)O)C1C2CC3CC(C2)CC1C3. The molecule has 90 valence electrons. The normalized spacial score (nSPS) is 46.9. The smallest absolute Gasteiger partial charge is 0.306 e. The third-order valence-electron chi connectivity index (χ3n) is 5.52. The Morgan fingerprint density at radius 2 is 1.62 bits per heavy atom. The van der Waals surface area contributed by atoms with Gasteiger partial charge >= 0.3 is 5.97 Å². The van der Waals surface area contributed by atoms with E-state index in [4.69, 9.17) is 0 Å². The first kappa shape index (κ1) is 10.6. The molecule has 4 bridgehead atoms. The van der Waals surface area contributed by atoms with Gasteiger partial charge in [-0.25, -0.2) is 0 Å². The van der Waals surface area contributed by atoms with Crippen molar-refractivity contribution < 1.29 is 9.90 Å². The number of rotatable bonds is 3. The molecule has 2 nitrogen and oxygen atoms in total.